The summed E-state index contributed by atoms with van der Waals surface area (Å²) in [6.07, 6.45) is 1.64. The predicted molar refractivity (Wildman–Crippen MR) is 113 cm³/mol. The highest BCUT2D eigenvalue weighted by atomic mass is 16.5. The Hall–Kier alpha value is -2.08. The Bertz CT molecular complexity index is 689. The van der Waals surface area contributed by atoms with Gasteiger partial charge in [0.1, 0.15) is 0 Å². The van der Waals surface area contributed by atoms with Crippen LogP contribution >= 0.6 is 0 Å². The fraction of sp³-hybridized carbons (Fsp3) is 0.667. The standard InChI is InChI=1S/C21H35N5O2/c1-19(2,13-15-28-20(3,4)12-14-23-7)24-18(27)16-8-10-17(11-9-16)21(5,6)25-26-22/h8-11,23H,12-15H2,1-7H3,(H,24,27). The van der Waals surface area contributed by atoms with Crippen molar-refractivity contribution in [3.05, 3.63) is 45.8 Å². The summed E-state index contributed by atoms with van der Waals surface area (Å²) >= 11 is 0. The van der Waals surface area contributed by atoms with Gasteiger partial charge >= 0.3 is 0 Å². The minimum Gasteiger partial charge on any atom is -0.375 e. The molecule has 1 amide bonds. The van der Waals surface area contributed by atoms with Crippen LogP contribution in [-0.4, -0.2) is 37.2 Å². The third-order valence-corrected chi connectivity index (χ3v) is 4.80. The van der Waals surface area contributed by atoms with E-state index in [1.807, 2.05) is 46.9 Å². The molecule has 0 saturated carbocycles. The summed E-state index contributed by atoms with van der Waals surface area (Å²) in [5, 5.41) is 10.0. The van der Waals surface area contributed by atoms with Crippen LogP contribution in [0, 0.1) is 0 Å². The maximum atomic E-state index is 12.6. The number of nitrogens with zero attached hydrogens (tertiary/aromatic N) is 3. The number of carbonyl (C=O) groups excluding carboxylic acids is 1. The highest BCUT2D eigenvalue weighted by Crippen LogP contribution is 2.25. The van der Waals surface area contributed by atoms with Crippen LogP contribution in [0.5, 0.6) is 0 Å². The average molecular weight is 390 g/mol. The topological polar surface area (TPSA) is 99.1 Å². The van der Waals surface area contributed by atoms with Gasteiger partial charge in [0, 0.05) is 22.6 Å². The van der Waals surface area contributed by atoms with Gasteiger partial charge in [-0.05, 0) is 77.4 Å². The smallest absolute Gasteiger partial charge is 0.251 e. The molecule has 0 saturated heterocycles. The normalized spacial score (nSPS) is 12.4. The number of hydrogen-bond donors (Lipinski definition) is 2. The van der Waals surface area contributed by atoms with Crippen molar-refractivity contribution in [3.8, 4) is 0 Å². The minimum atomic E-state index is -0.652. The lowest BCUT2D eigenvalue weighted by Gasteiger charge is -2.30. The van der Waals surface area contributed by atoms with Gasteiger partial charge in [-0.3, -0.25) is 4.79 Å². The third kappa shape index (κ3) is 7.89. The molecule has 1 aromatic rings. The molecule has 0 spiro atoms. The van der Waals surface area contributed by atoms with Crippen LogP contribution in [0.2, 0.25) is 0 Å². The summed E-state index contributed by atoms with van der Waals surface area (Å²) < 4.78 is 6.00. The first-order chi connectivity index (χ1) is 12.9. The number of azide groups is 1. The summed E-state index contributed by atoms with van der Waals surface area (Å²) in [5.74, 6) is -0.132. The quantitative estimate of drug-likeness (QED) is 0.330. The number of hydrogen-bond acceptors (Lipinski definition) is 4. The highest BCUT2D eigenvalue weighted by molar-refractivity contribution is 5.94. The van der Waals surface area contributed by atoms with Gasteiger partial charge in [-0.25, -0.2) is 0 Å². The van der Waals surface area contributed by atoms with Gasteiger partial charge in [-0.2, -0.15) is 0 Å². The van der Waals surface area contributed by atoms with Crippen molar-refractivity contribution in [2.75, 3.05) is 20.2 Å². The maximum absolute atomic E-state index is 12.6. The van der Waals surface area contributed by atoms with Gasteiger partial charge < -0.3 is 15.4 Å². The van der Waals surface area contributed by atoms with E-state index in [0.29, 0.717) is 18.6 Å². The van der Waals surface area contributed by atoms with Gasteiger partial charge in [0.25, 0.3) is 5.91 Å². The van der Waals surface area contributed by atoms with Crippen LogP contribution in [0.25, 0.3) is 10.4 Å². The fourth-order valence-corrected chi connectivity index (χ4v) is 2.72. The van der Waals surface area contributed by atoms with E-state index in [9.17, 15) is 4.79 Å². The summed E-state index contributed by atoms with van der Waals surface area (Å²) in [5.41, 5.74) is 8.87. The molecule has 0 aromatic heterocycles. The number of ether oxygens (including phenoxy) is 1. The van der Waals surface area contributed by atoms with Crippen LogP contribution in [0.1, 0.15) is 70.3 Å². The van der Waals surface area contributed by atoms with E-state index in [2.05, 4.69) is 34.5 Å². The number of benzene rings is 1. The lowest BCUT2D eigenvalue weighted by atomic mass is 9.94. The second kappa shape index (κ2) is 9.92. The Labute approximate surface area is 168 Å². The molecule has 0 bridgehead atoms. The molecule has 2 N–H and O–H groups in total. The summed E-state index contributed by atoms with van der Waals surface area (Å²) in [6.45, 7) is 13.3. The van der Waals surface area contributed by atoms with Gasteiger partial charge in [0.15, 0.2) is 0 Å². The van der Waals surface area contributed by atoms with E-state index in [4.69, 9.17) is 10.3 Å². The molecule has 0 fully saturated rings. The molecule has 0 aliphatic heterocycles. The second-order valence-electron chi connectivity index (χ2n) is 8.88. The van der Waals surface area contributed by atoms with Gasteiger partial charge in [-0.15, -0.1) is 0 Å². The van der Waals surface area contributed by atoms with E-state index >= 15 is 0 Å². The van der Waals surface area contributed by atoms with E-state index in [-0.39, 0.29) is 17.0 Å². The van der Waals surface area contributed by atoms with Crippen molar-refractivity contribution < 1.29 is 9.53 Å². The summed E-state index contributed by atoms with van der Waals surface area (Å²) in [6, 6.07) is 7.16. The molecule has 1 rings (SSSR count). The second-order valence-corrected chi connectivity index (χ2v) is 8.88. The van der Waals surface area contributed by atoms with Crippen LogP contribution in [0.4, 0.5) is 0 Å². The molecule has 28 heavy (non-hydrogen) atoms. The van der Waals surface area contributed by atoms with Crippen molar-refractivity contribution in [2.24, 2.45) is 5.11 Å². The lowest BCUT2D eigenvalue weighted by Crippen LogP contribution is -2.44. The molecule has 156 valence electrons. The molecule has 0 aliphatic rings. The minimum absolute atomic E-state index is 0.132. The Morgan fingerprint density at radius 1 is 1.11 bits per heavy atom. The molecule has 0 radical (unpaired) electrons. The van der Waals surface area contributed by atoms with E-state index < -0.39 is 5.54 Å². The van der Waals surface area contributed by atoms with Gasteiger partial charge in [-0.1, -0.05) is 31.1 Å². The number of amides is 1. The number of rotatable bonds is 11. The maximum Gasteiger partial charge on any atom is 0.251 e. The van der Waals surface area contributed by atoms with Crippen molar-refractivity contribution in [1.82, 2.24) is 10.6 Å². The van der Waals surface area contributed by atoms with E-state index in [0.717, 1.165) is 18.5 Å². The molecule has 0 aliphatic carbocycles. The van der Waals surface area contributed by atoms with Crippen molar-refractivity contribution in [2.45, 2.75) is 71.1 Å². The molecule has 0 heterocycles. The van der Waals surface area contributed by atoms with Crippen LogP contribution < -0.4 is 10.6 Å². The summed E-state index contributed by atoms with van der Waals surface area (Å²) in [7, 11) is 1.93. The van der Waals surface area contributed by atoms with Gasteiger partial charge in [0.2, 0.25) is 0 Å². The van der Waals surface area contributed by atoms with Crippen molar-refractivity contribution in [3.63, 3.8) is 0 Å². The monoisotopic (exact) mass is 389 g/mol. The lowest BCUT2D eigenvalue weighted by molar-refractivity contribution is -0.0297. The first-order valence-corrected chi connectivity index (χ1v) is 9.70. The average Bonchev–Trinajstić information content (AvgIpc) is 2.59. The van der Waals surface area contributed by atoms with Crippen molar-refractivity contribution >= 4 is 5.91 Å². The van der Waals surface area contributed by atoms with E-state index in [1.54, 1.807) is 12.1 Å². The first-order valence-electron chi connectivity index (χ1n) is 9.70. The molecule has 0 unspecified atom stereocenters. The van der Waals surface area contributed by atoms with Gasteiger partial charge in [0.05, 0.1) is 11.1 Å². The van der Waals surface area contributed by atoms with Crippen molar-refractivity contribution in [1.29, 1.82) is 0 Å². The third-order valence-electron chi connectivity index (χ3n) is 4.80. The zero-order valence-corrected chi connectivity index (χ0v) is 18.3. The SMILES string of the molecule is CNCCC(C)(C)OCCC(C)(C)NC(=O)c1ccc(C(C)(C)N=[N+]=[N-])cc1. The highest BCUT2D eigenvalue weighted by Gasteiger charge is 2.24. The van der Waals surface area contributed by atoms with Crippen LogP contribution in [0.3, 0.4) is 0 Å². The fourth-order valence-electron chi connectivity index (χ4n) is 2.72. The Kier molecular flexibility index (Phi) is 8.48. The Morgan fingerprint density at radius 2 is 1.71 bits per heavy atom. The Balaban J connectivity index is 2.64. The number of carbonyl (C=O) groups is 1. The summed E-state index contributed by atoms with van der Waals surface area (Å²) in [4.78, 5) is 15.5. The Morgan fingerprint density at radius 3 is 2.25 bits per heavy atom. The zero-order valence-electron chi connectivity index (χ0n) is 18.3. The molecular weight excluding hydrogens is 354 g/mol. The number of nitrogens with one attached hydrogen (secondary N) is 2. The molecular formula is C21H35N5O2. The van der Waals surface area contributed by atoms with E-state index in [1.165, 1.54) is 0 Å². The first kappa shape index (κ1) is 24.0. The predicted octanol–water partition coefficient (Wildman–Crippen LogP) is 4.54. The molecule has 7 nitrogen and oxygen atoms in total. The molecule has 1 aromatic carbocycles. The zero-order chi connectivity index (χ0) is 21.4. The molecule has 0 atom stereocenters. The van der Waals surface area contributed by atoms with Crippen LogP contribution in [-0.2, 0) is 10.3 Å². The van der Waals surface area contributed by atoms with Crippen LogP contribution in [0.15, 0.2) is 29.4 Å². The largest absolute Gasteiger partial charge is 0.375 e. The molecule has 7 heteroatoms.